The Morgan fingerprint density at radius 3 is 2.54 bits per heavy atom. The van der Waals surface area contributed by atoms with Gasteiger partial charge >= 0.3 is 5.97 Å². The monoisotopic (exact) mass is 388 g/mol. The molecule has 2 aromatic rings. The number of rotatable bonds is 8. The number of nitrogens with one attached hydrogen (secondary N) is 1. The van der Waals surface area contributed by atoms with Gasteiger partial charge in [0.1, 0.15) is 5.56 Å². The molecule has 2 rings (SSSR count). The molecule has 0 unspecified atom stereocenters. The summed E-state index contributed by atoms with van der Waals surface area (Å²) in [6.07, 6.45) is 0. The first-order chi connectivity index (χ1) is 13.3. The Labute approximate surface area is 161 Å². The first-order valence-corrected chi connectivity index (χ1v) is 8.38. The zero-order valence-corrected chi connectivity index (χ0v) is 15.7. The van der Waals surface area contributed by atoms with Gasteiger partial charge in [0.05, 0.1) is 24.7 Å². The van der Waals surface area contributed by atoms with E-state index in [-0.39, 0.29) is 23.7 Å². The van der Waals surface area contributed by atoms with Crippen molar-refractivity contribution in [2.75, 3.05) is 25.6 Å². The van der Waals surface area contributed by atoms with Crippen LogP contribution in [0.1, 0.15) is 22.8 Å². The summed E-state index contributed by atoms with van der Waals surface area (Å²) in [5.74, 6) is -1.32. The Morgan fingerprint density at radius 2 is 1.93 bits per heavy atom. The van der Waals surface area contributed by atoms with Gasteiger partial charge in [0.25, 0.3) is 11.6 Å². The number of nitro groups is 1. The molecule has 0 aliphatic rings. The Bertz CT molecular complexity index is 896. The average molecular weight is 388 g/mol. The molecular formula is C19H20N2O7. The maximum absolute atomic E-state index is 12.3. The Balaban J connectivity index is 2.15. The Morgan fingerprint density at radius 1 is 1.18 bits per heavy atom. The Kier molecular flexibility index (Phi) is 6.91. The van der Waals surface area contributed by atoms with Crippen molar-refractivity contribution in [1.29, 1.82) is 0 Å². The van der Waals surface area contributed by atoms with E-state index in [0.717, 1.165) is 11.6 Å². The molecule has 0 saturated carbocycles. The number of ether oxygens (including phenoxy) is 3. The van der Waals surface area contributed by atoms with Crippen molar-refractivity contribution in [2.45, 2.75) is 13.8 Å². The number of esters is 1. The summed E-state index contributed by atoms with van der Waals surface area (Å²) >= 11 is 0. The lowest BCUT2D eigenvalue weighted by atomic mass is 10.1. The van der Waals surface area contributed by atoms with Crippen LogP contribution in [0.3, 0.4) is 0 Å². The van der Waals surface area contributed by atoms with E-state index in [1.54, 1.807) is 25.1 Å². The molecule has 1 N–H and O–H groups in total. The highest BCUT2D eigenvalue weighted by Crippen LogP contribution is 2.35. The highest BCUT2D eigenvalue weighted by molar-refractivity contribution is 5.98. The van der Waals surface area contributed by atoms with Crippen molar-refractivity contribution < 1.29 is 28.7 Å². The molecule has 1 amide bonds. The number of hydrogen-bond acceptors (Lipinski definition) is 7. The molecule has 0 fully saturated rings. The number of hydrogen-bond donors (Lipinski definition) is 1. The van der Waals surface area contributed by atoms with Crippen LogP contribution in [0.25, 0.3) is 0 Å². The van der Waals surface area contributed by atoms with Gasteiger partial charge in [-0.05, 0) is 31.5 Å². The van der Waals surface area contributed by atoms with Gasteiger partial charge in [0.15, 0.2) is 18.1 Å². The molecule has 0 saturated heterocycles. The maximum atomic E-state index is 12.3. The van der Waals surface area contributed by atoms with Gasteiger partial charge in [0.2, 0.25) is 0 Å². The van der Waals surface area contributed by atoms with Gasteiger partial charge in [0, 0.05) is 11.8 Å². The van der Waals surface area contributed by atoms with E-state index in [4.69, 9.17) is 14.2 Å². The summed E-state index contributed by atoms with van der Waals surface area (Å²) in [7, 11) is 1.33. The highest BCUT2D eigenvalue weighted by atomic mass is 16.6. The summed E-state index contributed by atoms with van der Waals surface area (Å²) in [5.41, 5.74) is 0.657. The SMILES string of the molecule is CCOc1cc(C(=O)OCC(=O)Nc2cccc(C)c2)c([N+](=O)[O-])cc1OC. The topological polar surface area (TPSA) is 117 Å². The number of anilines is 1. The molecular weight excluding hydrogens is 368 g/mol. The van der Waals surface area contributed by atoms with Gasteiger partial charge < -0.3 is 19.5 Å². The van der Waals surface area contributed by atoms with Crippen molar-refractivity contribution in [3.8, 4) is 11.5 Å². The second kappa shape index (κ2) is 9.36. The summed E-state index contributed by atoms with van der Waals surface area (Å²) < 4.78 is 15.3. The van der Waals surface area contributed by atoms with Crippen LogP contribution in [0.5, 0.6) is 11.5 Å². The van der Waals surface area contributed by atoms with Gasteiger partial charge in [-0.25, -0.2) is 4.79 Å². The van der Waals surface area contributed by atoms with Crippen LogP contribution in [0.15, 0.2) is 36.4 Å². The molecule has 0 aliphatic heterocycles. The van der Waals surface area contributed by atoms with E-state index in [9.17, 15) is 19.7 Å². The second-order valence-electron chi connectivity index (χ2n) is 5.70. The number of carbonyl (C=O) groups excluding carboxylic acids is 2. The molecule has 0 aromatic heterocycles. The lowest BCUT2D eigenvalue weighted by molar-refractivity contribution is -0.385. The van der Waals surface area contributed by atoms with Crippen LogP contribution < -0.4 is 14.8 Å². The van der Waals surface area contributed by atoms with Gasteiger partial charge in [-0.2, -0.15) is 0 Å². The molecule has 0 heterocycles. The first-order valence-electron chi connectivity index (χ1n) is 8.38. The zero-order chi connectivity index (χ0) is 20.7. The number of amides is 1. The number of nitro benzene ring substituents is 1. The third-order valence-corrected chi connectivity index (χ3v) is 3.63. The fraction of sp³-hybridized carbons (Fsp3) is 0.263. The third-order valence-electron chi connectivity index (χ3n) is 3.63. The summed E-state index contributed by atoms with van der Waals surface area (Å²) in [6.45, 7) is 3.25. The number of carbonyl (C=O) groups is 2. The van der Waals surface area contributed by atoms with E-state index in [1.807, 2.05) is 13.0 Å². The fourth-order valence-electron chi connectivity index (χ4n) is 2.42. The molecule has 148 valence electrons. The minimum atomic E-state index is -1.02. The molecule has 0 atom stereocenters. The molecule has 0 radical (unpaired) electrons. The highest BCUT2D eigenvalue weighted by Gasteiger charge is 2.26. The number of nitrogens with zero attached hydrogens (tertiary/aromatic N) is 1. The predicted octanol–water partition coefficient (Wildman–Crippen LogP) is 3.11. The fourth-order valence-corrected chi connectivity index (χ4v) is 2.42. The molecule has 0 aliphatic carbocycles. The first kappa shape index (κ1) is 20.7. The van der Waals surface area contributed by atoms with Gasteiger partial charge in [-0.1, -0.05) is 12.1 Å². The summed E-state index contributed by atoms with van der Waals surface area (Å²) in [6, 6.07) is 9.33. The van der Waals surface area contributed by atoms with Crippen molar-refractivity contribution in [3.63, 3.8) is 0 Å². The quantitative estimate of drug-likeness (QED) is 0.419. The summed E-state index contributed by atoms with van der Waals surface area (Å²) in [4.78, 5) is 34.9. The molecule has 9 heteroatoms. The maximum Gasteiger partial charge on any atom is 0.345 e. The van der Waals surface area contributed by atoms with E-state index >= 15 is 0 Å². The minimum absolute atomic E-state index is 0.113. The molecule has 28 heavy (non-hydrogen) atoms. The normalized spacial score (nSPS) is 10.1. The summed E-state index contributed by atoms with van der Waals surface area (Å²) in [5, 5.41) is 13.9. The molecule has 0 bridgehead atoms. The standard InChI is InChI=1S/C19H20N2O7/c1-4-27-17-9-14(15(21(24)25)10-16(17)26-3)19(23)28-11-18(22)20-13-7-5-6-12(2)8-13/h5-10H,4,11H2,1-3H3,(H,20,22). The van der Waals surface area contributed by atoms with Crippen molar-refractivity contribution in [1.82, 2.24) is 0 Å². The largest absolute Gasteiger partial charge is 0.493 e. The molecule has 2 aromatic carbocycles. The van der Waals surface area contributed by atoms with Crippen LogP contribution in [-0.4, -0.2) is 37.1 Å². The van der Waals surface area contributed by atoms with E-state index in [0.29, 0.717) is 5.69 Å². The van der Waals surface area contributed by atoms with E-state index in [2.05, 4.69) is 5.32 Å². The Hall–Kier alpha value is -3.62. The van der Waals surface area contributed by atoms with Gasteiger partial charge in [-0.3, -0.25) is 14.9 Å². The smallest absolute Gasteiger partial charge is 0.345 e. The minimum Gasteiger partial charge on any atom is -0.493 e. The lowest BCUT2D eigenvalue weighted by Gasteiger charge is -2.12. The van der Waals surface area contributed by atoms with Crippen molar-refractivity contribution >= 4 is 23.3 Å². The average Bonchev–Trinajstić information content (AvgIpc) is 2.65. The second-order valence-corrected chi connectivity index (χ2v) is 5.70. The molecule has 0 spiro atoms. The zero-order valence-electron chi connectivity index (χ0n) is 15.7. The van der Waals surface area contributed by atoms with Crippen LogP contribution in [-0.2, 0) is 9.53 Å². The van der Waals surface area contributed by atoms with Crippen LogP contribution >= 0.6 is 0 Å². The molecule has 9 nitrogen and oxygen atoms in total. The van der Waals surface area contributed by atoms with Crippen molar-refractivity contribution in [2.24, 2.45) is 0 Å². The van der Waals surface area contributed by atoms with Crippen molar-refractivity contribution in [3.05, 3.63) is 57.6 Å². The predicted molar refractivity (Wildman–Crippen MR) is 101 cm³/mol. The number of methoxy groups -OCH3 is 1. The van der Waals surface area contributed by atoms with Crippen LogP contribution in [0.4, 0.5) is 11.4 Å². The van der Waals surface area contributed by atoms with Gasteiger partial charge in [-0.15, -0.1) is 0 Å². The van der Waals surface area contributed by atoms with E-state index < -0.39 is 29.1 Å². The van der Waals surface area contributed by atoms with E-state index in [1.165, 1.54) is 13.2 Å². The number of aryl methyl sites for hydroxylation is 1. The lowest BCUT2D eigenvalue weighted by Crippen LogP contribution is -2.21. The number of benzene rings is 2. The van der Waals surface area contributed by atoms with Crippen LogP contribution in [0.2, 0.25) is 0 Å². The third kappa shape index (κ3) is 5.19. The van der Waals surface area contributed by atoms with Crippen LogP contribution in [0, 0.1) is 17.0 Å².